The molecule has 0 unspecified atom stereocenters. The van der Waals surface area contributed by atoms with Gasteiger partial charge in [-0.2, -0.15) is 0 Å². The number of aryl methyl sites for hydroxylation is 2. The molecule has 0 amide bonds. The van der Waals surface area contributed by atoms with Gasteiger partial charge in [0, 0.05) is 12.2 Å². The average Bonchev–Trinajstić information content (AvgIpc) is 2.77. The number of hydrogen-bond donors (Lipinski definition) is 2. The van der Waals surface area contributed by atoms with Crippen LogP contribution in [0.1, 0.15) is 51.3 Å². The van der Waals surface area contributed by atoms with E-state index in [1.54, 1.807) is 7.11 Å². The molecular formula is C25H43NO5. The van der Waals surface area contributed by atoms with E-state index in [-0.39, 0.29) is 5.60 Å². The van der Waals surface area contributed by atoms with E-state index in [0.717, 1.165) is 24.6 Å². The molecule has 6 nitrogen and oxygen atoms in total. The molecule has 31 heavy (non-hydrogen) atoms. The van der Waals surface area contributed by atoms with Crippen molar-refractivity contribution in [2.75, 3.05) is 32.7 Å². The molecule has 0 atom stereocenters. The van der Waals surface area contributed by atoms with Crippen LogP contribution in [0.2, 0.25) is 0 Å². The molecule has 0 saturated carbocycles. The van der Waals surface area contributed by atoms with Crippen LogP contribution in [0.4, 0.5) is 5.69 Å². The van der Waals surface area contributed by atoms with Crippen LogP contribution in [0.5, 0.6) is 5.75 Å². The number of para-hydroxylation sites is 1. The van der Waals surface area contributed by atoms with Crippen molar-refractivity contribution < 1.29 is 24.7 Å². The van der Waals surface area contributed by atoms with Gasteiger partial charge in [0.1, 0.15) is 5.75 Å². The zero-order valence-corrected chi connectivity index (χ0v) is 21.0. The third-order valence-corrected chi connectivity index (χ3v) is 3.95. The molecule has 0 bridgehead atoms. The molecule has 0 aliphatic rings. The van der Waals surface area contributed by atoms with Crippen molar-refractivity contribution >= 4 is 5.69 Å². The van der Waals surface area contributed by atoms with Gasteiger partial charge in [-0.15, -0.1) is 0 Å². The lowest BCUT2D eigenvalue weighted by Gasteiger charge is -2.19. The molecule has 2 aromatic carbocycles. The maximum Gasteiger partial charge on any atom is 0.119 e. The minimum absolute atomic E-state index is 0.0433. The lowest BCUT2D eigenvalue weighted by molar-refractivity contribution is -0.479. The lowest BCUT2D eigenvalue weighted by Crippen LogP contribution is -2.23. The standard InChI is InChI=1S/C12H19NO.C10H14O.C2H6.CH4O3/c1-12(2,3)14-10-9-13-11-7-5-4-6-8-11;1-7-5-10(11-4)6-8(2)9(7)3;1-2;1-3-4-2/h4-8,13H,9-10H2,1-3H3;5-6H,1-4H3;1-2H3;2H,1H3. The number of nitrogens with one attached hydrogen (secondary N) is 1. The second-order valence-corrected chi connectivity index (χ2v) is 7.38. The quantitative estimate of drug-likeness (QED) is 0.301. The zero-order valence-electron chi connectivity index (χ0n) is 21.0. The highest BCUT2D eigenvalue weighted by Gasteiger charge is 2.08. The van der Waals surface area contributed by atoms with Gasteiger partial charge in [-0.1, -0.05) is 37.1 Å². The van der Waals surface area contributed by atoms with Gasteiger partial charge in [0.2, 0.25) is 0 Å². The fraction of sp³-hybridized carbons (Fsp3) is 0.520. The molecule has 0 aliphatic carbocycles. The number of anilines is 1. The van der Waals surface area contributed by atoms with Gasteiger partial charge in [0.15, 0.2) is 0 Å². The SMILES string of the molecule is CC.CC(C)(C)OCCNc1ccccc1.COOO.COc1cc(C)c(C)c(C)c1. The summed E-state index contributed by atoms with van der Waals surface area (Å²) in [7, 11) is 2.91. The number of hydrogen-bond acceptors (Lipinski definition) is 6. The summed E-state index contributed by atoms with van der Waals surface area (Å²) in [6.45, 7) is 18.1. The fourth-order valence-corrected chi connectivity index (χ4v) is 2.22. The Bertz CT molecular complexity index is 644. The molecule has 2 N–H and O–H groups in total. The topological polar surface area (TPSA) is 69.2 Å². The van der Waals surface area contributed by atoms with E-state index in [0.29, 0.717) is 0 Å². The molecule has 0 spiro atoms. The van der Waals surface area contributed by atoms with Crippen LogP contribution in [0.15, 0.2) is 42.5 Å². The van der Waals surface area contributed by atoms with E-state index < -0.39 is 0 Å². The monoisotopic (exact) mass is 437 g/mol. The summed E-state index contributed by atoms with van der Waals surface area (Å²) >= 11 is 0. The van der Waals surface area contributed by atoms with E-state index in [2.05, 4.69) is 81.1 Å². The predicted molar refractivity (Wildman–Crippen MR) is 130 cm³/mol. The zero-order chi connectivity index (χ0) is 24.3. The van der Waals surface area contributed by atoms with Crippen molar-refractivity contribution in [1.82, 2.24) is 0 Å². The summed E-state index contributed by atoms with van der Waals surface area (Å²) in [6, 6.07) is 14.3. The van der Waals surface area contributed by atoms with Crippen LogP contribution in [0.3, 0.4) is 0 Å². The highest BCUT2D eigenvalue weighted by molar-refractivity contribution is 5.42. The first kappa shape index (κ1) is 31.1. The fourth-order valence-electron chi connectivity index (χ4n) is 2.22. The normalized spacial score (nSPS) is 9.77. The molecule has 6 heteroatoms. The molecule has 2 aromatic rings. The highest BCUT2D eigenvalue weighted by Crippen LogP contribution is 2.20. The van der Waals surface area contributed by atoms with E-state index >= 15 is 0 Å². The first-order valence-corrected chi connectivity index (χ1v) is 10.5. The third kappa shape index (κ3) is 17.3. The van der Waals surface area contributed by atoms with Gasteiger partial charge in [0.25, 0.3) is 0 Å². The highest BCUT2D eigenvalue weighted by atomic mass is 17.5. The Morgan fingerprint density at radius 1 is 0.903 bits per heavy atom. The van der Waals surface area contributed by atoms with Crippen molar-refractivity contribution in [3.05, 3.63) is 59.2 Å². The average molecular weight is 438 g/mol. The summed E-state index contributed by atoms with van der Waals surface area (Å²) in [5.41, 5.74) is 5.04. The maximum atomic E-state index is 7.15. The van der Waals surface area contributed by atoms with Crippen LogP contribution in [0, 0.1) is 20.8 Å². The van der Waals surface area contributed by atoms with Gasteiger partial charge in [-0.3, -0.25) is 0 Å². The Hall–Kier alpha value is -2.12. The Morgan fingerprint density at radius 2 is 1.39 bits per heavy atom. The van der Waals surface area contributed by atoms with E-state index in [1.807, 2.05) is 32.0 Å². The summed E-state index contributed by atoms with van der Waals surface area (Å²) in [6.07, 6.45) is 0. The van der Waals surface area contributed by atoms with Gasteiger partial charge < -0.3 is 14.8 Å². The number of ether oxygens (including phenoxy) is 2. The summed E-state index contributed by atoms with van der Waals surface area (Å²) in [5.74, 6) is 0.950. The number of benzene rings is 2. The molecule has 0 heterocycles. The Labute approximate surface area is 189 Å². The first-order valence-electron chi connectivity index (χ1n) is 10.5. The van der Waals surface area contributed by atoms with Gasteiger partial charge in [-0.05, 0) is 82.5 Å². The molecule has 178 valence electrons. The number of rotatable bonds is 6. The minimum atomic E-state index is -0.0433. The van der Waals surface area contributed by atoms with Crippen molar-refractivity contribution in [2.24, 2.45) is 0 Å². The van der Waals surface area contributed by atoms with E-state index in [4.69, 9.17) is 14.7 Å². The van der Waals surface area contributed by atoms with Crippen LogP contribution in [-0.2, 0) is 14.7 Å². The smallest absolute Gasteiger partial charge is 0.119 e. The first-order chi connectivity index (χ1) is 14.6. The van der Waals surface area contributed by atoms with Crippen LogP contribution >= 0.6 is 0 Å². The molecular weight excluding hydrogens is 394 g/mol. The van der Waals surface area contributed by atoms with Crippen molar-refractivity contribution in [3.8, 4) is 5.75 Å². The van der Waals surface area contributed by atoms with E-state index in [9.17, 15) is 0 Å². The van der Waals surface area contributed by atoms with Crippen molar-refractivity contribution in [3.63, 3.8) is 0 Å². The molecule has 0 radical (unpaired) electrons. The van der Waals surface area contributed by atoms with Crippen LogP contribution in [-0.4, -0.2) is 38.2 Å². The second-order valence-electron chi connectivity index (χ2n) is 7.38. The Kier molecular flexibility index (Phi) is 18.7. The van der Waals surface area contributed by atoms with Gasteiger partial charge in [0.05, 0.1) is 26.4 Å². The van der Waals surface area contributed by atoms with Gasteiger partial charge >= 0.3 is 0 Å². The lowest BCUT2D eigenvalue weighted by atomic mass is 10.0. The summed E-state index contributed by atoms with van der Waals surface area (Å²) in [5, 5.41) is 13.5. The molecule has 0 aliphatic heterocycles. The second kappa shape index (κ2) is 18.6. The minimum Gasteiger partial charge on any atom is -0.497 e. The number of methoxy groups -OCH3 is 1. The van der Waals surface area contributed by atoms with Crippen LogP contribution < -0.4 is 10.1 Å². The summed E-state index contributed by atoms with van der Waals surface area (Å²) < 4.78 is 10.7. The van der Waals surface area contributed by atoms with Crippen LogP contribution in [0.25, 0.3) is 0 Å². The molecule has 2 rings (SSSR count). The summed E-state index contributed by atoms with van der Waals surface area (Å²) in [4.78, 5) is 3.60. The third-order valence-electron chi connectivity index (χ3n) is 3.95. The molecule has 0 saturated heterocycles. The van der Waals surface area contributed by atoms with E-state index in [1.165, 1.54) is 23.8 Å². The van der Waals surface area contributed by atoms with Crippen molar-refractivity contribution in [1.29, 1.82) is 0 Å². The van der Waals surface area contributed by atoms with Crippen molar-refractivity contribution in [2.45, 2.75) is 61.0 Å². The predicted octanol–water partition coefficient (Wildman–Crippen LogP) is 6.60. The Balaban J connectivity index is 0. The van der Waals surface area contributed by atoms with Gasteiger partial charge in [-0.25, -0.2) is 10.1 Å². The molecule has 0 fully saturated rings. The molecule has 0 aromatic heterocycles. The maximum absolute atomic E-state index is 7.15. The largest absolute Gasteiger partial charge is 0.497 e. The Morgan fingerprint density at radius 3 is 1.77 bits per heavy atom.